The minimum Gasteiger partial charge on any atom is -0.496 e. The summed E-state index contributed by atoms with van der Waals surface area (Å²) in [5, 5.41) is 3.36. The first kappa shape index (κ1) is 15.0. The van der Waals surface area contributed by atoms with Crippen LogP contribution in [-0.2, 0) is 0 Å². The molecule has 0 aliphatic rings. The van der Waals surface area contributed by atoms with E-state index in [1.807, 2.05) is 7.05 Å². The molecule has 0 aliphatic carbocycles. The van der Waals surface area contributed by atoms with Gasteiger partial charge in [-0.15, -0.1) is 11.3 Å². The van der Waals surface area contributed by atoms with E-state index in [1.165, 1.54) is 10.4 Å². The molecule has 102 valence electrons. The van der Waals surface area contributed by atoms with Crippen LogP contribution in [0.5, 0.6) is 5.75 Å². The van der Waals surface area contributed by atoms with Crippen LogP contribution in [0.4, 0.5) is 0 Å². The predicted molar refractivity (Wildman–Crippen MR) is 88.4 cm³/mol. The largest absolute Gasteiger partial charge is 0.496 e. The highest BCUT2D eigenvalue weighted by atomic mass is 79.9. The van der Waals surface area contributed by atoms with E-state index in [2.05, 4.69) is 68.4 Å². The fraction of sp³-hybridized carbons (Fsp3) is 0.286. The van der Waals surface area contributed by atoms with Gasteiger partial charge >= 0.3 is 0 Å². The Hall–Kier alpha value is -0.360. The Morgan fingerprint density at radius 2 is 2.00 bits per heavy atom. The topological polar surface area (TPSA) is 21.3 Å². The molecule has 0 aliphatic heterocycles. The molecule has 1 atom stereocenters. The molecular formula is C14H15Br2NOS. The lowest BCUT2D eigenvalue weighted by molar-refractivity contribution is 0.410. The molecular weight excluding hydrogens is 390 g/mol. The molecule has 1 aromatic heterocycles. The fourth-order valence-corrected chi connectivity index (χ4v) is 4.22. The average molecular weight is 405 g/mol. The van der Waals surface area contributed by atoms with Gasteiger partial charge in [0.15, 0.2) is 0 Å². The molecule has 2 rings (SSSR count). The van der Waals surface area contributed by atoms with Crippen molar-refractivity contribution in [1.82, 2.24) is 5.32 Å². The van der Waals surface area contributed by atoms with E-state index in [-0.39, 0.29) is 6.04 Å². The lowest BCUT2D eigenvalue weighted by atomic mass is 10.0. The Morgan fingerprint density at radius 3 is 2.53 bits per heavy atom. The van der Waals surface area contributed by atoms with E-state index in [9.17, 15) is 0 Å². The van der Waals surface area contributed by atoms with Crippen molar-refractivity contribution in [1.29, 1.82) is 0 Å². The zero-order valence-electron chi connectivity index (χ0n) is 11.0. The van der Waals surface area contributed by atoms with Gasteiger partial charge in [0.2, 0.25) is 0 Å². The summed E-state index contributed by atoms with van der Waals surface area (Å²) >= 11 is 8.81. The zero-order valence-corrected chi connectivity index (χ0v) is 14.9. The third kappa shape index (κ3) is 3.21. The predicted octanol–water partition coefficient (Wildman–Crippen LogP) is 4.90. The molecule has 1 unspecified atom stereocenters. The van der Waals surface area contributed by atoms with Crippen LogP contribution in [0.15, 0.2) is 32.5 Å². The van der Waals surface area contributed by atoms with Crippen LogP contribution in [0.25, 0.3) is 0 Å². The summed E-state index contributed by atoms with van der Waals surface area (Å²) in [7, 11) is 3.68. The van der Waals surface area contributed by atoms with Gasteiger partial charge < -0.3 is 10.1 Å². The number of hydrogen-bond donors (Lipinski definition) is 1. The number of benzene rings is 1. The van der Waals surface area contributed by atoms with Crippen molar-refractivity contribution in [3.05, 3.63) is 48.5 Å². The molecule has 1 N–H and O–H groups in total. The van der Waals surface area contributed by atoms with Gasteiger partial charge in [-0.25, -0.2) is 0 Å². The molecule has 0 amide bonds. The van der Waals surface area contributed by atoms with Gasteiger partial charge in [0.25, 0.3) is 0 Å². The highest BCUT2D eigenvalue weighted by Gasteiger charge is 2.17. The van der Waals surface area contributed by atoms with E-state index in [1.54, 1.807) is 18.4 Å². The number of thiophene rings is 1. The highest BCUT2D eigenvalue weighted by molar-refractivity contribution is 9.13. The van der Waals surface area contributed by atoms with Gasteiger partial charge in [0.1, 0.15) is 5.75 Å². The Balaban J connectivity index is 2.41. The second kappa shape index (κ2) is 6.39. The van der Waals surface area contributed by atoms with E-state index in [4.69, 9.17) is 4.74 Å². The lowest BCUT2D eigenvalue weighted by Crippen LogP contribution is -2.16. The van der Waals surface area contributed by atoms with Crippen LogP contribution in [0.2, 0.25) is 0 Å². The van der Waals surface area contributed by atoms with Crippen LogP contribution in [0.1, 0.15) is 22.0 Å². The highest BCUT2D eigenvalue weighted by Crippen LogP contribution is 2.38. The van der Waals surface area contributed by atoms with Crippen LogP contribution in [-0.4, -0.2) is 14.2 Å². The van der Waals surface area contributed by atoms with Crippen LogP contribution in [0.3, 0.4) is 0 Å². The second-order valence-corrected chi connectivity index (χ2v) is 7.48. The Bertz CT molecular complexity index is 563. The summed E-state index contributed by atoms with van der Waals surface area (Å²) in [6.07, 6.45) is 0. The van der Waals surface area contributed by atoms with Crippen LogP contribution < -0.4 is 10.1 Å². The third-order valence-electron chi connectivity index (χ3n) is 3.00. The van der Waals surface area contributed by atoms with Gasteiger partial charge in [-0.2, -0.15) is 0 Å². The standard InChI is InChI=1S/C14H15Br2NOS/c1-8-4-5-9(6-11(8)18-3)13(17-2)12-7-10(15)14(16)19-12/h4-7,13,17H,1-3H3. The molecule has 0 saturated carbocycles. The monoisotopic (exact) mass is 403 g/mol. The molecule has 19 heavy (non-hydrogen) atoms. The molecule has 1 heterocycles. The zero-order chi connectivity index (χ0) is 14.0. The molecule has 2 nitrogen and oxygen atoms in total. The quantitative estimate of drug-likeness (QED) is 0.782. The second-order valence-electron chi connectivity index (χ2n) is 4.22. The fourth-order valence-electron chi connectivity index (χ4n) is 1.99. The molecule has 0 radical (unpaired) electrons. The van der Waals surface area contributed by atoms with Gasteiger partial charge in [-0.3, -0.25) is 0 Å². The minimum atomic E-state index is 0.169. The van der Waals surface area contributed by atoms with E-state index in [0.29, 0.717) is 0 Å². The summed E-state index contributed by atoms with van der Waals surface area (Å²) in [5.41, 5.74) is 2.35. The molecule has 0 bridgehead atoms. The molecule has 2 aromatic rings. The SMILES string of the molecule is CNC(c1ccc(C)c(OC)c1)c1cc(Br)c(Br)s1. The van der Waals surface area contributed by atoms with E-state index < -0.39 is 0 Å². The summed E-state index contributed by atoms with van der Waals surface area (Å²) in [4.78, 5) is 1.26. The van der Waals surface area contributed by atoms with Crippen molar-refractivity contribution in [2.45, 2.75) is 13.0 Å². The summed E-state index contributed by atoms with van der Waals surface area (Å²) < 4.78 is 7.60. The number of hydrogen-bond acceptors (Lipinski definition) is 3. The van der Waals surface area contributed by atoms with Gasteiger partial charge in [0.05, 0.1) is 16.9 Å². The first-order chi connectivity index (χ1) is 9.06. The number of methoxy groups -OCH3 is 1. The first-order valence-electron chi connectivity index (χ1n) is 5.83. The van der Waals surface area contributed by atoms with Crippen LogP contribution in [0, 0.1) is 6.92 Å². The number of rotatable bonds is 4. The molecule has 0 saturated heterocycles. The Labute approximate surface area is 134 Å². The van der Waals surface area contributed by atoms with Gasteiger partial charge in [0, 0.05) is 9.35 Å². The summed E-state index contributed by atoms with van der Waals surface area (Å²) in [6, 6.07) is 8.64. The van der Waals surface area contributed by atoms with Crippen molar-refractivity contribution >= 4 is 43.2 Å². The van der Waals surface area contributed by atoms with Crippen molar-refractivity contribution in [2.75, 3.05) is 14.2 Å². The van der Waals surface area contributed by atoms with Gasteiger partial charge in [-0.05, 0) is 69.1 Å². The molecule has 0 fully saturated rings. The third-order valence-corrected chi connectivity index (χ3v) is 6.32. The normalized spacial score (nSPS) is 12.5. The smallest absolute Gasteiger partial charge is 0.122 e. The number of halogens is 2. The Kier molecular flexibility index (Phi) is 5.06. The maximum atomic E-state index is 5.40. The van der Waals surface area contributed by atoms with Gasteiger partial charge in [-0.1, -0.05) is 12.1 Å². The van der Waals surface area contributed by atoms with Crippen molar-refractivity contribution < 1.29 is 4.74 Å². The van der Waals surface area contributed by atoms with E-state index >= 15 is 0 Å². The van der Waals surface area contributed by atoms with Crippen molar-refractivity contribution in [3.63, 3.8) is 0 Å². The molecule has 1 aromatic carbocycles. The summed E-state index contributed by atoms with van der Waals surface area (Å²) in [5.74, 6) is 0.924. The van der Waals surface area contributed by atoms with Crippen LogP contribution >= 0.6 is 43.2 Å². The summed E-state index contributed by atoms with van der Waals surface area (Å²) in [6.45, 7) is 2.05. The number of ether oxygens (including phenoxy) is 1. The molecule has 5 heteroatoms. The maximum absolute atomic E-state index is 5.40. The number of aryl methyl sites for hydroxylation is 1. The van der Waals surface area contributed by atoms with E-state index in [0.717, 1.165) is 19.6 Å². The average Bonchev–Trinajstić information content (AvgIpc) is 2.72. The molecule has 0 spiro atoms. The lowest BCUT2D eigenvalue weighted by Gasteiger charge is -2.16. The minimum absolute atomic E-state index is 0.169. The first-order valence-corrected chi connectivity index (χ1v) is 8.23. The van der Waals surface area contributed by atoms with Crippen molar-refractivity contribution in [2.24, 2.45) is 0 Å². The van der Waals surface area contributed by atoms with Crippen molar-refractivity contribution in [3.8, 4) is 5.75 Å². The maximum Gasteiger partial charge on any atom is 0.122 e. The number of nitrogens with one attached hydrogen (secondary N) is 1. The Morgan fingerprint density at radius 1 is 1.26 bits per heavy atom.